The Kier molecular flexibility index (Phi) is 4.22. The summed E-state index contributed by atoms with van der Waals surface area (Å²) in [6.07, 6.45) is 1.20. The largest absolute Gasteiger partial charge is 0.507 e. The number of nitrogens with zero attached hydrogens (tertiary/aromatic N) is 2. The summed E-state index contributed by atoms with van der Waals surface area (Å²) in [5.74, 6) is 1.67. The molecule has 1 unspecified atom stereocenters. The number of ether oxygens (including phenoxy) is 2. The van der Waals surface area contributed by atoms with Gasteiger partial charge in [-0.05, 0) is 25.6 Å². The van der Waals surface area contributed by atoms with Gasteiger partial charge in [0.25, 0.3) is 0 Å². The number of likely N-dealkylation sites (N-methyl/N-ethyl adjacent to an activating group) is 1. The molecule has 1 aromatic carbocycles. The maximum Gasteiger partial charge on any atom is 0.231 e. The van der Waals surface area contributed by atoms with Gasteiger partial charge in [0.15, 0.2) is 11.5 Å². The lowest BCUT2D eigenvalue weighted by atomic mass is 10.1. The molecule has 1 saturated heterocycles. The van der Waals surface area contributed by atoms with Gasteiger partial charge < -0.3 is 14.6 Å². The molecule has 2 aliphatic rings. The van der Waals surface area contributed by atoms with Crippen molar-refractivity contribution in [2.75, 3.05) is 33.0 Å². The number of rotatable bonds is 5. The molecule has 2 heterocycles. The summed E-state index contributed by atoms with van der Waals surface area (Å²) >= 11 is 0. The molecule has 5 heteroatoms. The fourth-order valence-electron chi connectivity index (χ4n) is 3.33. The van der Waals surface area contributed by atoms with Gasteiger partial charge in [-0.2, -0.15) is 0 Å². The molecule has 1 aromatic rings. The van der Waals surface area contributed by atoms with Gasteiger partial charge in [0.2, 0.25) is 6.79 Å². The monoisotopic (exact) mass is 292 g/mol. The maximum absolute atomic E-state index is 10.1. The molecule has 2 aliphatic heterocycles. The highest BCUT2D eigenvalue weighted by atomic mass is 16.7. The maximum atomic E-state index is 10.1. The highest BCUT2D eigenvalue weighted by molar-refractivity contribution is 5.51. The number of fused-ring (bicyclic) bond motifs is 1. The first kappa shape index (κ1) is 14.5. The number of aromatic hydroxyl groups is 1. The van der Waals surface area contributed by atoms with Crippen molar-refractivity contribution in [3.05, 3.63) is 17.7 Å². The predicted octanol–water partition coefficient (Wildman–Crippen LogP) is 2.04. The fraction of sp³-hybridized carbons (Fsp3) is 0.625. The molecule has 0 bridgehead atoms. The van der Waals surface area contributed by atoms with E-state index in [4.69, 9.17) is 9.47 Å². The van der Waals surface area contributed by atoms with E-state index in [2.05, 4.69) is 23.6 Å². The molecule has 21 heavy (non-hydrogen) atoms. The Hall–Kier alpha value is -1.46. The van der Waals surface area contributed by atoms with Crippen LogP contribution in [0.4, 0.5) is 0 Å². The van der Waals surface area contributed by atoms with Crippen molar-refractivity contribution >= 4 is 0 Å². The lowest BCUT2D eigenvalue weighted by Gasteiger charge is -2.26. The average Bonchev–Trinajstić information content (AvgIpc) is 3.10. The Morgan fingerprint density at radius 3 is 2.67 bits per heavy atom. The zero-order valence-electron chi connectivity index (χ0n) is 12.8. The van der Waals surface area contributed by atoms with Gasteiger partial charge >= 0.3 is 0 Å². The van der Waals surface area contributed by atoms with Crippen LogP contribution in [0, 0.1) is 0 Å². The van der Waals surface area contributed by atoms with Gasteiger partial charge in [-0.3, -0.25) is 9.80 Å². The smallest absolute Gasteiger partial charge is 0.231 e. The minimum absolute atomic E-state index is 0.242. The summed E-state index contributed by atoms with van der Waals surface area (Å²) in [6.45, 7) is 9.79. The first-order valence-corrected chi connectivity index (χ1v) is 7.79. The van der Waals surface area contributed by atoms with E-state index < -0.39 is 0 Å². The van der Waals surface area contributed by atoms with Crippen LogP contribution in [0.25, 0.3) is 0 Å². The Balaban J connectivity index is 1.65. The molecule has 1 atom stereocenters. The van der Waals surface area contributed by atoms with Gasteiger partial charge in [-0.1, -0.05) is 13.8 Å². The van der Waals surface area contributed by atoms with Crippen LogP contribution in [0.2, 0.25) is 0 Å². The second-order valence-electron chi connectivity index (χ2n) is 5.73. The highest BCUT2D eigenvalue weighted by Crippen LogP contribution is 2.38. The van der Waals surface area contributed by atoms with Crippen LogP contribution in [0.3, 0.4) is 0 Å². The Morgan fingerprint density at radius 1 is 1.24 bits per heavy atom. The zero-order chi connectivity index (χ0) is 14.8. The number of phenols is 1. The number of hydrogen-bond acceptors (Lipinski definition) is 5. The number of likely N-dealkylation sites (tertiary alicyclic amines) is 1. The lowest BCUT2D eigenvalue weighted by Crippen LogP contribution is -2.37. The third kappa shape index (κ3) is 2.94. The minimum atomic E-state index is 0.242. The van der Waals surface area contributed by atoms with Crippen molar-refractivity contribution < 1.29 is 14.6 Å². The molecule has 0 spiro atoms. The van der Waals surface area contributed by atoms with Crippen LogP contribution in [0.1, 0.15) is 25.8 Å². The van der Waals surface area contributed by atoms with Gasteiger partial charge in [0, 0.05) is 37.3 Å². The van der Waals surface area contributed by atoms with Crippen LogP contribution >= 0.6 is 0 Å². The quantitative estimate of drug-likeness (QED) is 0.900. The summed E-state index contributed by atoms with van der Waals surface area (Å²) in [4.78, 5) is 4.92. The molecule has 0 aliphatic carbocycles. The van der Waals surface area contributed by atoms with Crippen molar-refractivity contribution in [1.29, 1.82) is 0 Å². The Labute approximate surface area is 126 Å². The molecule has 5 nitrogen and oxygen atoms in total. The van der Waals surface area contributed by atoms with Gasteiger partial charge in [-0.25, -0.2) is 0 Å². The van der Waals surface area contributed by atoms with E-state index in [0.29, 0.717) is 17.5 Å². The summed E-state index contributed by atoms with van der Waals surface area (Å²) in [5, 5.41) is 10.1. The Bertz CT molecular complexity index is 503. The van der Waals surface area contributed by atoms with E-state index in [1.54, 1.807) is 6.07 Å². The number of hydrogen-bond donors (Lipinski definition) is 1. The first-order chi connectivity index (χ1) is 10.2. The molecule has 1 N–H and O–H groups in total. The van der Waals surface area contributed by atoms with Gasteiger partial charge in [-0.15, -0.1) is 0 Å². The molecule has 1 fully saturated rings. The van der Waals surface area contributed by atoms with Crippen molar-refractivity contribution in [3.8, 4) is 17.2 Å². The predicted molar refractivity (Wildman–Crippen MR) is 80.8 cm³/mol. The van der Waals surface area contributed by atoms with Crippen molar-refractivity contribution in [3.63, 3.8) is 0 Å². The number of phenolic OH excluding ortho intramolecular Hbond substituents is 1. The lowest BCUT2D eigenvalue weighted by molar-refractivity contribution is 0.174. The number of benzene rings is 1. The summed E-state index contributed by atoms with van der Waals surface area (Å²) in [5.41, 5.74) is 0.916. The van der Waals surface area contributed by atoms with Gasteiger partial charge in [0.05, 0.1) is 0 Å². The minimum Gasteiger partial charge on any atom is -0.507 e. The molecule has 0 saturated carbocycles. The van der Waals surface area contributed by atoms with Crippen molar-refractivity contribution in [2.24, 2.45) is 0 Å². The van der Waals surface area contributed by atoms with Crippen LogP contribution in [0.5, 0.6) is 17.2 Å². The van der Waals surface area contributed by atoms with Crippen LogP contribution in [0.15, 0.2) is 12.1 Å². The molecule has 0 radical (unpaired) electrons. The second-order valence-corrected chi connectivity index (χ2v) is 5.73. The molecule has 0 amide bonds. The van der Waals surface area contributed by atoms with E-state index in [1.807, 2.05) is 6.07 Å². The van der Waals surface area contributed by atoms with Crippen LogP contribution < -0.4 is 9.47 Å². The molecule has 3 rings (SSSR count). The third-order valence-corrected chi connectivity index (χ3v) is 4.54. The summed E-state index contributed by atoms with van der Waals surface area (Å²) in [7, 11) is 0. The average molecular weight is 292 g/mol. The van der Waals surface area contributed by atoms with E-state index in [1.165, 1.54) is 6.42 Å². The Morgan fingerprint density at radius 2 is 1.95 bits per heavy atom. The van der Waals surface area contributed by atoms with Crippen LogP contribution in [-0.4, -0.2) is 53.9 Å². The van der Waals surface area contributed by atoms with E-state index in [0.717, 1.165) is 44.0 Å². The van der Waals surface area contributed by atoms with Gasteiger partial charge in [0.1, 0.15) is 5.75 Å². The van der Waals surface area contributed by atoms with Crippen molar-refractivity contribution in [1.82, 2.24) is 9.80 Å². The zero-order valence-corrected chi connectivity index (χ0v) is 12.8. The topological polar surface area (TPSA) is 45.2 Å². The van der Waals surface area contributed by atoms with E-state index in [-0.39, 0.29) is 6.79 Å². The fourth-order valence-corrected chi connectivity index (χ4v) is 3.33. The van der Waals surface area contributed by atoms with E-state index in [9.17, 15) is 5.11 Å². The molecular weight excluding hydrogens is 268 g/mol. The van der Waals surface area contributed by atoms with Crippen molar-refractivity contribution in [2.45, 2.75) is 32.9 Å². The normalized spacial score (nSPS) is 21.4. The molecule has 0 aromatic heterocycles. The standard InChI is InChI=1S/C16H24N2O3/c1-3-18(4-2)13-5-6-17(10-13)9-12-7-15-16(8-14(12)19)21-11-20-15/h7-8,13,19H,3-6,9-11H2,1-2H3. The highest BCUT2D eigenvalue weighted by Gasteiger charge is 2.27. The summed E-state index contributed by atoms with van der Waals surface area (Å²) in [6, 6.07) is 4.20. The third-order valence-electron chi connectivity index (χ3n) is 4.54. The molecular formula is C16H24N2O3. The molecule has 116 valence electrons. The second kappa shape index (κ2) is 6.12. The summed E-state index contributed by atoms with van der Waals surface area (Å²) < 4.78 is 10.7. The first-order valence-electron chi connectivity index (χ1n) is 7.79. The SMILES string of the molecule is CCN(CC)C1CCN(Cc2cc3c(cc2O)OCO3)C1. The van der Waals surface area contributed by atoms with Crippen LogP contribution in [-0.2, 0) is 6.54 Å². The van der Waals surface area contributed by atoms with E-state index >= 15 is 0 Å².